The van der Waals surface area contributed by atoms with Gasteiger partial charge in [0.25, 0.3) is 0 Å². The number of anilines is 1. The van der Waals surface area contributed by atoms with Gasteiger partial charge in [-0.15, -0.1) is 0 Å². The first kappa shape index (κ1) is 15.2. The second-order valence-electron chi connectivity index (χ2n) is 6.53. The Bertz CT molecular complexity index is 473. The summed E-state index contributed by atoms with van der Waals surface area (Å²) in [4.78, 5) is 13.6. The van der Waals surface area contributed by atoms with E-state index in [1.807, 2.05) is 6.20 Å². The maximum absolute atomic E-state index is 9.61. The molecular formula is C15H26N4O. The number of piperazine rings is 1. The molecule has 0 aliphatic carbocycles. The predicted octanol–water partition coefficient (Wildman–Crippen LogP) is 1.62. The Morgan fingerprint density at radius 3 is 2.60 bits per heavy atom. The van der Waals surface area contributed by atoms with Gasteiger partial charge in [-0.1, -0.05) is 13.8 Å². The number of aromatic nitrogens is 2. The number of aliphatic hydroxyl groups excluding tert-OH is 1. The molecule has 2 heterocycles. The summed E-state index contributed by atoms with van der Waals surface area (Å²) >= 11 is 0. The fourth-order valence-electron chi connectivity index (χ4n) is 2.53. The van der Waals surface area contributed by atoms with Gasteiger partial charge in [0.15, 0.2) is 0 Å². The van der Waals surface area contributed by atoms with Crippen LogP contribution in [0.3, 0.4) is 0 Å². The summed E-state index contributed by atoms with van der Waals surface area (Å²) in [6.07, 6.45) is 1.87. The second kappa shape index (κ2) is 5.66. The molecule has 0 spiro atoms. The molecule has 1 aliphatic rings. The van der Waals surface area contributed by atoms with E-state index in [1.165, 1.54) is 0 Å². The van der Waals surface area contributed by atoms with Gasteiger partial charge in [-0.2, -0.15) is 0 Å². The van der Waals surface area contributed by atoms with Crippen LogP contribution in [0.15, 0.2) is 6.20 Å². The molecule has 2 rings (SSSR count). The van der Waals surface area contributed by atoms with Crippen molar-refractivity contribution < 1.29 is 5.11 Å². The van der Waals surface area contributed by atoms with Gasteiger partial charge in [0.1, 0.15) is 5.82 Å². The molecule has 5 heteroatoms. The number of hydrogen-bond acceptors (Lipinski definition) is 5. The summed E-state index contributed by atoms with van der Waals surface area (Å²) in [6, 6.07) is 0. The molecule has 20 heavy (non-hydrogen) atoms. The minimum absolute atomic E-state index is 0.0374. The quantitative estimate of drug-likeness (QED) is 0.910. The van der Waals surface area contributed by atoms with Crippen molar-refractivity contribution in [1.29, 1.82) is 0 Å². The molecule has 1 saturated heterocycles. The predicted molar refractivity (Wildman–Crippen MR) is 81.0 cm³/mol. The second-order valence-corrected chi connectivity index (χ2v) is 6.53. The molecule has 1 aromatic heterocycles. The Balaban J connectivity index is 2.29. The van der Waals surface area contributed by atoms with Crippen LogP contribution in [0.1, 0.15) is 45.1 Å². The summed E-state index contributed by atoms with van der Waals surface area (Å²) in [6.45, 7) is 11.4. The Morgan fingerprint density at radius 2 is 2.05 bits per heavy atom. The summed E-state index contributed by atoms with van der Waals surface area (Å²) in [5.74, 6) is 1.07. The average molecular weight is 278 g/mol. The normalized spacial score (nSPS) is 19.6. The Labute approximate surface area is 121 Å². The molecule has 5 nitrogen and oxygen atoms in total. The van der Waals surface area contributed by atoms with Gasteiger partial charge in [-0.05, 0) is 20.9 Å². The van der Waals surface area contributed by atoms with Crippen molar-refractivity contribution in [3.05, 3.63) is 17.7 Å². The van der Waals surface area contributed by atoms with Gasteiger partial charge in [-0.3, -0.25) is 4.90 Å². The highest BCUT2D eigenvalue weighted by atomic mass is 16.3. The molecule has 1 aromatic rings. The molecule has 1 N–H and O–H groups in total. The van der Waals surface area contributed by atoms with Crippen molar-refractivity contribution in [3.8, 4) is 0 Å². The van der Waals surface area contributed by atoms with Crippen molar-refractivity contribution in [2.75, 3.05) is 31.6 Å². The van der Waals surface area contributed by atoms with E-state index in [9.17, 15) is 5.11 Å². The van der Waals surface area contributed by atoms with E-state index in [0.29, 0.717) is 0 Å². The van der Waals surface area contributed by atoms with Crippen LogP contribution in [0.2, 0.25) is 0 Å². The Kier molecular flexibility index (Phi) is 4.30. The number of nitrogens with zero attached hydrogens (tertiary/aromatic N) is 4. The molecule has 0 aromatic carbocycles. The number of hydrogen-bond donors (Lipinski definition) is 1. The van der Waals surface area contributed by atoms with Gasteiger partial charge in [0.2, 0.25) is 0 Å². The molecular weight excluding hydrogens is 252 g/mol. The van der Waals surface area contributed by atoms with Crippen molar-refractivity contribution >= 4 is 5.69 Å². The van der Waals surface area contributed by atoms with Crippen LogP contribution >= 0.6 is 0 Å². The van der Waals surface area contributed by atoms with Crippen LogP contribution in [0.4, 0.5) is 5.69 Å². The number of aliphatic hydroxyl groups is 1. The largest absolute Gasteiger partial charge is 0.390 e. The van der Waals surface area contributed by atoms with Gasteiger partial charge in [-0.25, -0.2) is 9.97 Å². The molecule has 0 amide bonds. The summed E-state index contributed by atoms with van der Waals surface area (Å²) in [5, 5.41) is 9.61. The fourth-order valence-corrected chi connectivity index (χ4v) is 2.53. The molecule has 112 valence electrons. The third kappa shape index (κ3) is 2.94. The lowest BCUT2D eigenvalue weighted by Gasteiger charge is -2.46. The van der Waals surface area contributed by atoms with E-state index in [4.69, 9.17) is 0 Å². The average Bonchev–Trinajstić information content (AvgIpc) is 2.41. The third-order valence-corrected chi connectivity index (χ3v) is 4.19. The number of rotatable bonds is 3. The fraction of sp³-hybridized carbons (Fsp3) is 0.733. The molecule has 1 aliphatic heterocycles. The van der Waals surface area contributed by atoms with Crippen LogP contribution in [-0.2, 0) is 6.61 Å². The van der Waals surface area contributed by atoms with E-state index >= 15 is 0 Å². The van der Waals surface area contributed by atoms with Crippen molar-refractivity contribution in [1.82, 2.24) is 14.9 Å². The highest BCUT2D eigenvalue weighted by molar-refractivity contribution is 5.50. The van der Waals surface area contributed by atoms with Gasteiger partial charge in [0, 0.05) is 31.1 Å². The zero-order valence-corrected chi connectivity index (χ0v) is 13.2. The minimum Gasteiger partial charge on any atom is -0.390 e. The van der Waals surface area contributed by atoms with E-state index in [2.05, 4.69) is 54.5 Å². The van der Waals surface area contributed by atoms with Crippen molar-refractivity contribution in [2.45, 2.75) is 45.8 Å². The standard InChI is InChI=1S/C15H26N4O/c1-11(2)14-16-8-13(12(9-20)17-14)19-7-6-18(5)15(3,4)10-19/h8,11,20H,6-7,9-10H2,1-5H3. The zero-order valence-electron chi connectivity index (χ0n) is 13.2. The SMILES string of the molecule is CC(C)c1ncc(N2CCN(C)C(C)(C)C2)c(CO)n1. The lowest BCUT2D eigenvalue weighted by Crippen LogP contribution is -2.58. The van der Waals surface area contributed by atoms with Gasteiger partial charge in [0.05, 0.1) is 24.2 Å². The van der Waals surface area contributed by atoms with E-state index < -0.39 is 0 Å². The summed E-state index contributed by atoms with van der Waals surface area (Å²) in [7, 11) is 2.16. The minimum atomic E-state index is -0.0374. The maximum atomic E-state index is 9.61. The molecule has 0 radical (unpaired) electrons. The van der Waals surface area contributed by atoms with Gasteiger partial charge < -0.3 is 10.0 Å². The Morgan fingerprint density at radius 1 is 1.35 bits per heavy atom. The van der Waals surface area contributed by atoms with Gasteiger partial charge >= 0.3 is 0 Å². The highest BCUT2D eigenvalue weighted by Gasteiger charge is 2.32. The van der Waals surface area contributed by atoms with Crippen LogP contribution in [-0.4, -0.2) is 52.2 Å². The topological polar surface area (TPSA) is 52.5 Å². The van der Waals surface area contributed by atoms with Crippen LogP contribution in [0, 0.1) is 0 Å². The smallest absolute Gasteiger partial charge is 0.131 e. The lowest BCUT2D eigenvalue weighted by molar-refractivity contribution is 0.138. The Hall–Kier alpha value is -1.20. The molecule has 0 saturated carbocycles. The number of likely N-dealkylation sites (N-methyl/N-ethyl adjacent to an activating group) is 1. The molecule has 1 fully saturated rings. The first-order chi connectivity index (χ1) is 9.35. The first-order valence-electron chi connectivity index (χ1n) is 7.28. The molecule has 0 bridgehead atoms. The maximum Gasteiger partial charge on any atom is 0.131 e. The first-order valence-corrected chi connectivity index (χ1v) is 7.28. The third-order valence-electron chi connectivity index (χ3n) is 4.19. The van der Waals surface area contributed by atoms with Crippen molar-refractivity contribution in [3.63, 3.8) is 0 Å². The van der Waals surface area contributed by atoms with E-state index in [0.717, 1.165) is 36.8 Å². The summed E-state index contributed by atoms with van der Waals surface area (Å²) < 4.78 is 0. The van der Waals surface area contributed by atoms with Crippen molar-refractivity contribution in [2.24, 2.45) is 0 Å². The zero-order chi connectivity index (χ0) is 14.9. The lowest BCUT2D eigenvalue weighted by atomic mass is 9.99. The van der Waals surface area contributed by atoms with Crippen LogP contribution in [0.25, 0.3) is 0 Å². The molecule has 0 unspecified atom stereocenters. The van der Waals surface area contributed by atoms with Crippen LogP contribution < -0.4 is 4.90 Å². The monoisotopic (exact) mass is 278 g/mol. The molecule has 0 atom stereocenters. The van der Waals surface area contributed by atoms with E-state index in [1.54, 1.807) is 0 Å². The van der Waals surface area contributed by atoms with Crippen LogP contribution in [0.5, 0.6) is 0 Å². The summed E-state index contributed by atoms with van der Waals surface area (Å²) in [5.41, 5.74) is 1.82. The highest BCUT2D eigenvalue weighted by Crippen LogP contribution is 2.26. The van der Waals surface area contributed by atoms with E-state index in [-0.39, 0.29) is 18.1 Å².